The number of terminal acetylenes is 1. The average Bonchev–Trinajstić information content (AvgIpc) is 2.38. The topological polar surface area (TPSA) is 52.1 Å². The van der Waals surface area contributed by atoms with Gasteiger partial charge < -0.3 is 4.74 Å². The minimum atomic E-state index is -0.224. The fourth-order valence-electron chi connectivity index (χ4n) is 1.76. The molecule has 0 N–H and O–H groups in total. The molecule has 0 unspecified atom stereocenters. The summed E-state index contributed by atoms with van der Waals surface area (Å²) < 4.78 is 5.19. The van der Waals surface area contributed by atoms with Crippen LogP contribution in [-0.2, 0) is 16.0 Å². The Morgan fingerprint density at radius 2 is 1.95 bits per heavy atom. The molecule has 0 bridgehead atoms. The van der Waals surface area contributed by atoms with E-state index in [-0.39, 0.29) is 12.4 Å². The van der Waals surface area contributed by atoms with Gasteiger partial charge in [-0.15, -0.1) is 12.3 Å². The molecule has 102 valence electrons. The third-order valence-corrected chi connectivity index (χ3v) is 2.93. The van der Waals surface area contributed by atoms with Crippen LogP contribution >= 0.6 is 0 Å². The first-order valence-electron chi connectivity index (χ1n) is 6.51. The Kier molecular flexibility index (Phi) is 6.59. The van der Waals surface area contributed by atoms with Crippen LogP contribution in [0.3, 0.4) is 0 Å². The van der Waals surface area contributed by atoms with E-state index in [1.54, 1.807) is 0 Å². The van der Waals surface area contributed by atoms with Gasteiger partial charge in [0.1, 0.15) is 6.33 Å². The van der Waals surface area contributed by atoms with Crippen LogP contribution in [0.15, 0.2) is 6.33 Å². The highest BCUT2D eigenvalue weighted by Gasteiger charge is 2.11. The Balaban J connectivity index is 2.30. The van der Waals surface area contributed by atoms with Crippen LogP contribution in [0, 0.1) is 26.2 Å². The first-order valence-corrected chi connectivity index (χ1v) is 6.51. The zero-order chi connectivity index (χ0) is 14.1. The van der Waals surface area contributed by atoms with Crippen molar-refractivity contribution >= 4 is 5.97 Å². The van der Waals surface area contributed by atoms with Crippen LogP contribution in [0.2, 0.25) is 0 Å². The largest absolute Gasteiger partial charge is 0.465 e. The Morgan fingerprint density at radius 1 is 1.26 bits per heavy atom. The van der Waals surface area contributed by atoms with Gasteiger partial charge in [-0.05, 0) is 33.1 Å². The van der Waals surface area contributed by atoms with Crippen molar-refractivity contribution < 1.29 is 9.53 Å². The van der Waals surface area contributed by atoms with E-state index in [0.717, 1.165) is 42.6 Å². The van der Waals surface area contributed by atoms with Gasteiger partial charge in [0.05, 0.1) is 13.0 Å². The zero-order valence-corrected chi connectivity index (χ0v) is 11.6. The molecule has 4 heteroatoms. The van der Waals surface area contributed by atoms with Gasteiger partial charge >= 0.3 is 5.97 Å². The molecule has 19 heavy (non-hydrogen) atoms. The molecule has 0 fully saturated rings. The summed E-state index contributed by atoms with van der Waals surface area (Å²) in [4.78, 5) is 19.9. The van der Waals surface area contributed by atoms with E-state index in [9.17, 15) is 4.79 Å². The lowest BCUT2D eigenvalue weighted by molar-refractivity contribution is -0.143. The number of hydrogen-bond donors (Lipinski definition) is 0. The second-order valence-electron chi connectivity index (χ2n) is 4.44. The molecule has 0 radical (unpaired) electrons. The third-order valence-electron chi connectivity index (χ3n) is 2.93. The molecule has 1 heterocycles. The van der Waals surface area contributed by atoms with Crippen molar-refractivity contribution in [3.05, 3.63) is 23.3 Å². The number of carbonyl (C=O) groups excluding carboxylic acids is 1. The number of aromatic nitrogens is 2. The molecule has 0 aromatic carbocycles. The molecule has 4 nitrogen and oxygen atoms in total. The predicted octanol–water partition coefficient (Wildman–Crippen LogP) is 2.37. The molecule has 0 aliphatic rings. The number of ether oxygens (including phenoxy) is 1. The summed E-state index contributed by atoms with van der Waals surface area (Å²) in [7, 11) is 0. The van der Waals surface area contributed by atoms with Crippen LogP contribution in [0.4, 0.5) is 0 Å². The van der Waals surface area contributed by atoms with Crippen LogP contribution in [0.1, 0.15) is 42.6 Å². The Labute approximate surface area is 114 Å². The van der Waals surface area contributed by atoms with Crippen LogP contribution < -0.4 is 0 Å². The summed E-state index contributed by atoms with van der Waals surface area (Å²) in [6.07, 6.45) is 10.5. The number of carbonyl (C=O) groups is 1. The maximum atomic E-state index is 11.7. The van der Waals surface area contributed by atoms with Gasteiger partial charge in [0.25, 0.3) is 0 Å². The Morgan fingerprint density at radius 3 is 2.58 bits per heavy atom. The van der Waals surface area contributed by atoms with Crippen molar-refractivity contribution in [2.24, 2.45) is 0 Å². The summed E-state index contributed by atoms with van der Waals surface area (Å²) >= 11 is 0. The molecule has 0 spiro atoms. The van der Waals surface area contributed by atoms with E-state index in [2.05, 4.69) is 15.9 Å². The lowest BCUT2D eigenvalue weighted by Gasteiger charge is -2.08. The van der Waals surface area contributed by atoms with Crippen molar-refractivity contribution in [3.8, 4) is 12.3 Å². The molecule has 1 aromatic heterocycles. The van der Waals surface area contributed by atoms with Crippen molar-refractivity contribution in [1.29, 1.82) is 0 Å². The fourth-order valence-corrected chi connectivity index (χ4v) is 1.76. The molecule has 1 aromatic rings. The SMILES string of the molecule is C#CCCCCCOC(=O)Cc1c(C)ncnc1C. The molecule has 1 rings (SSSR count). The highest BCUT2D eigenvalue weighted by Crippen LogP contribution is 2.10. The Bertz CT molecular complexity index is 443. The molecule has 0 aliphatic carbocycles. The van der Waals surface area contributed by atoms with Crippen LogP contribution in [0.5, 0.6) is 0 Å². The summed E-state index contributed by atoms with van der Waals surface area (Å²) in [6, 6.07) is 0. The maximum absolute atomic E-state index is 11.7. The van der Waals surface area contributed by atoms with Crippen molar-refractivity contribution in [2.45, 2.75) is 46.0 Å². The normalized spacial score (nSPS) is 9.95. The second kappa shape index (κ2) is 8.25. The van der Waals surface area contributed by atoms with Gasteiger partial charge in [0, 0.05) is 23.4 Å². The van der Waals surface area contributed by atoms with Crippen molar-refractivity contribution in [3.63, 3.8) is 0 Å². The lowest BCUT2D eigenvalue weighted by atomic mass is 10.1. The molecule has 0 saturated heterocycles. The van der Waals surface area contributed by atoms with E-state index in [0.29, 0.717) is 6.61 Å². The number of hydrogen-bond acceptors (Lipinski definition) is 4. The smallest absolute Gasteiger partial charge is 0.310 e. The predicted molar refractivity (Wildman–Crippen MR) is 73.5 cm³/mol. The first-order chi connectivity index (χ1) is 9.15. The van der Waals surface area contributed by atoms with Crippen LogP contribution in [0.25, 0.3) is 0 Å². The quantitative estimate of drug-likeness (QED) is 0.429. The zero-order valence-electron chi connectivity index (χ0n) is 11.6. The molecule has 0 atom stereocenters. The van der Waals surface area contributed by atoms with Crippen molar-refractivity contribution in [1.82, 2.24) is 9.97 Å². The number of esters is 1. The molecule has 0 saturated carbocycles. The van der Waals surface area contributed by atoms with E-state index in [1.807, 2.05) is 13.8 Å². The molecule has 0 aliphatic heterocycles. The van der Waals surface area contributed by atoms with Gasteiger partial charge in [-0.2, -0.15) is 0 Å². The van der Waals surface area contributed by atoms with Crippen molar-refractivity contribution in [2.75, 3.05) is 6.61 Å². The molecular formula is C15H20N2O2. The minimum Gasteiger partial charge on any atom is -0.465 e. The summed E-state index contributed by atoms with van der Waals surface area (Å²) in [6.45, 7) is 4.20. The van der Waals surface area contributed by atoms with E-state index in [1.165, 1.54) is 6.33 Å². The second-order valence-corrected chi connectivity index (χ2v) is 4.44. The van der Waals surface area contributed by atoms with Gasteiger partial charge in [-0.1, -0.05) is 0 Å². The van der Waals surface area contributed by atoms with E-state index >= 15 is 0 Å². The fraction of sp³-hybridized carbons (Fsp3) is 0.533. The lowest BCUT2D eigenvalue weighted by Crippen LogP contribution is -2.12. The number of aryl methyl sites for hydroxylation is 2. The molecular weight excluding hydrogens is 240 g/mol. The third kappa shape index (κ3) is 5.52. The van der Waals surface area contributed by atoms with Gasteiger partial charge in [0.15, 0.2) is 0 Å². The maximum Gasteiger partial charge on any atom is 0.310 e. The standard InChI is InChI=1S/C15H20N2O2/c1-4-5-6-7-8-9-19-15(18)10-14-12(2)16-11-17-13(14)3/h1,11H,5-10H2,2-3H3. The van der Waals surface area contributed by atoms with Gasteiger partial charge in [-0.25, -0.2) is 9.97 Å². The number of nitrogens with zero attached hydrogens (tertiary/aromatic N) is 2. The minimum absolute atomic E-state index is 0.224. The monoisotopic (exact) mass is 260 g/mol. The first kappa shape index (κ1) is 15.2. The van der Waals surface area contributed by atoms with E-state index in [4.69, 9.17) is 11.2 Å². The highest BCUT2D eigenvalue weighted by molar-refractivity contribution is 5.73. The van der Waals surface area contributed by atoms with Crippen LogP contribution in [-0.4, -0.2) is 22.5 Å². The highest BCUT2D eigenvalue weighted by atomic mass is 16.5. The summed E-state index contributed by atoms with van der Waals surface area (Å²) in [5.41, 5.74) is 2.52. The average molecular weight is 260 g/mol. The van der Waals surface area contributed by atoms with Gasteiger partial charge in [0.2, 0.25) is 0 Å². The van der Waals surface area contributed by atoms with E-state index < -0.39 is 0 Å². The number of rotatable bonds is 7. The summed E-state index contributed by atoms with van der Waals surface area (Å²) in [5.74, 6) is 2.37. The number of unbranched alkanes of at least 4 members (excludes halogenated alkanes) is 3. The van der Waals surface area contributed by atoms with Gasteiger partial charge in [-0.3, -0.25) is 4.79 Å². The summed E-state index contributed by atoms with van der Waals surface area (Å²) in [5, 5.41) is 0. The molecule has 0 amide bonds. The Hall–Kier alpha value is -1.89.